The first kappa shape index (κ1) is 19.2. The van der Waals surface area contributed by atoms with E-state index in [1.165, 1.54) is 0 Å². The van der Waals surface area contributed by atoms with Gasteiger partial charge in [0.05, 0.1) is 4.86 Å². The van der Waals surface area contributed by atoms with Crippen LogP contribution in [0.15, 0.2) is 0 Å². The van der Waals surface area contributed by atoms with E-state index in [9.17, 15) is 28.7 Å². The minimum Gasteiger partial charge on any atom is -0.809 e. The Morgan fingerprint density at radius 1 is 0.917 bits per heavy atom. The van der Waals surface area contributed by atoms with Crippen molar-refractivity contribution in [1.29, 1.82) is 0 Å². The Kier molecular flexibility index (Phi) is 9.90. The van der Waals surface area contributed by atoms with Gasteiger partial charge in [0.1, 0.15) is 0 Å². The van der Waals surface area contributed by atoms with Gasteiger partial charge in [-0.3, -0.25) is 0 Å². The molecule has 6 nitrogen and oxygen atoms in total. The molecule has 0 rings (SSSR count). The first-order valence-electron chi connectivity index (χ1n) is 1.83. The monoisotopic (exact) mass is 332 g/mol. The van der Waals surface area contributed by atoms with Crippen molar-refractivity contribution >= 4 is 26.8 Å². The third-order valence-electron chi connectivity index (χ3n) is 0.522. The van der Waals surface area contributed by atoms with Crippen molar-refractivity contribution in [3.05, 3.63) is 0 Å². The van der Waals surface area contributed by atoms with Crippen molar-refractivity contribution in [3.63, 3.8) is 0 Å². The van der Waals surface area contributed by atoms with E-state index >= 15 is 0 Å². The van der Waals surface area contributed by atoms with E-state index in [0.29, 0.717) is 0 Å². The third kappa shape index (κ3) is 7.07. The van der Waals surface area contributed by atoms with Gasteiger partial charge in [-0.2, -0.15) is 0 Å². The van der Waals surface area contributed by atoms with Crippen LogP contribution in [-0.4, -0.2) is 4.86 Å². The van der Waals surface area contributed by atoms with Crippen LogP contribution >= 0.6 is 26.8 Å². The van der Waals surface area contributed by atoms with Gasteiger partial charge < -0.3 is 28.7 Å². The first-order chi connectivity index (χ1) is 4.15. The fourth-order valence-electron chi connectivity index (χ4n) is 0.173. The van der Waals surface area contributed by atoms with Gasteiger partial charge in [0.25, 0.3) is 0 Å². The summed E-state index contributed by atoms with van der Waals surface area (Å²) in [6, 6.07) is 0. The Bertz CT molecular complexity index is 186. The van der Waals surface area contributed by atoms with E-state index in [2.05, 4.69) is 11.6 Å². The molecule has 0 aromatic rings. The molecular weight excluding hydrogens is 332 g/mol. The summed E-state index contributed by atoms with van der Waals surface area (Å²) in [4.78, 5) is 36.1. The van der Waals surface area contributed by atoms with Gasteiger partial charge in [-0.15, -0.1) is 11.6 Å². The molecule has 0 aromatic carbocycles. The maximum atomic E-state index is 9.75. The van der Waals surface area contributed by atoms with Crippen LogP contribution in [0.5, 0.6) is 0 Å². The van der Waals surface area contributed by atoms with Crippen LogP contribution in [0.1, 0.15) is 0 Å². The van der Waals surface area contributed by atoms with Crippen LogP contribution in [0.2, 0.25) is 0 Å². The van der Waals surface area contributed by atoms with Crippen LogP contribution in [0.25, 0.3) is 0 Å². The zero-order chi connectivity index (χ0) is 8.58. The van der Waals surface area contributed by atoms with E-state index in [1.807, 2.05) is 0 Å². The van der Waals surface area contributed by atoms with Gasteiger partial charge in [-0.1, -0.05) is 0 Å². The largest absolute Gasteiger partial charge is 2.00 e. The third-order valence-corrected chi connectivity index (χ3v) is 4.70. The predicted octanol–water partition coefficient (Wildman–Crippen LogP) is -2.67. The van der Waals surface area contributed by atoms with Crippen LogP contribution in [0.4, 0.5) is 0 Å². The average molecular weight is 334 g/mol. The molecule has 0 aliphatic rings. The van der Waals surface area contributed by atoms with Gasteiger partial charge in [0.2, 0.25) is 0 Å². The predicted molar refractivity (Wildman–Crippen MR) is 24.9 cm³/mol. The molecule has 0 saturated carbocycles. The molecule has 0 fully saturated rings. The Labute approximate surface area is 94.3 Å². The molecule has 0 aromatic heterocycles. The van der Waals surface area contributed by atoms with E-state index < -0.39 is 20.1 Å². The number of halogens is 1. The molecular formula is CHClCu2O6P2. The normalized spacial score (nSPS) is 11.8. The second-order valence-corrected chi connectivity index (χ2v) is 6.03. The Hall–Kier alpha value is 1.63. The van der Waals surface area contributed by atoms with Gasteiger partial charge in [0.15, 0.2) is 0 Å². The van der Waals surface area contributed by atoms with Gasteiger partial charge in [-0.25, -0.2) is 0 Å². The standard InChI is InChI=1S/CH5ClO6P2.2Cu/c2-1(9(3,4)5)10(6,7)8;;/h1H,(H2,3,4,5)(H2,6,7,8);;/q;2*+2/p-4. The fourth-order valence-corrected chi connectivity index (χ4v) is 1.56. The molecule has 11 heteroatoms. The second-order valence-electron chi connectivity index (χ2n) is 1.39. The molecule has 80 valence electrons. The summed E-state index contributed by atoms with van der Waals surface area (Å²) >= 11 is 4.46. The molecule has 0 saturated heterocycles. The maximum Gasteiger partial charge on any atom is 2.00 e. The summed E-state index contributed by atoms with van der Waals surface area (Å²) in [5.41, 5.74) is 0. The molecule has 12 heavy (non-hydrogen) atoms. The molecule has 0 atom stereocenters. The van der Waals surface area contributed by atoms with E-state index in [4.69, 9.17) is 0 Å². The Morgan fingerprint density at radius 2 is 1.08 bits per heavy atom. The van der Waals surface area contributed by atoms with E-state index in [1.54, 1.807) is 0 Å². The van der Waals surface area contributed by atoms with Crippen molar-refractivity contribution in [2.75, 3.05) is 0 Å². The van der Waals surface area contributed by atoms with Crippen LogP contribution < -0.4 is 19.6 Å². The Morgan fingerprint density at radius 3 is 1.08 bits per heavy atom. The summed E-state index contributed by atoms with van der Waals surface area (Å²) in [6.07, 6.45) is 0. The molecule has 0 N–H and O–H groups in total. The number of alkyl halides is 1. The van der Waals surface area contributed by atoms with Crippen LogP contribution in [0.3, 0.4) is 0 Å². The van der Waals surface area contributed by atoms with Gasteiger partial charge in [0, 0.05) is 0 Å². The molecule has 0 bridgehead atoms. The summed E-state index contributed by atoms with van der Waals surface area (Å²) in [5, 5.41) is 0. The summed E-state index contributed by atoms with van der Waals surface area (Å²) in [5.74, 6) is 0. The van der Waals surface area contributed by atoms with Gasteiger partial charge >= 0.3 is 34.1 Å². The van der Waals surface area contributed by atoms with Gasteiger partial charge in [-0.05, 0) is 15.2 Å². The topological polar surface area (TPSA) is 126 Å². The molecule has 0 unspecified atom stereocenters. The smallest absolute Gasteiger partial charge is 0.809 e. The summed E-state index contributed by atoms with van der Waals surface area (Å²) in [6.45, 7) is 0. The summed E-state index contributed by atoms with van der Waals surface area (Å²) in [7, 11) is -11.0. The van der Waals surface area contributed by atoms with Crippen molar-refractivity contribution < 1.29 is 62.8 Å². The van der Waals surface area contributed by atoms with E-state index in [-0.39, 0.29) is 34.1 Å². The van der Waals surface area contributed by atoms with Crippen molar-refractivity contribution in [1.82, 2.24) is 0 Å². The maximum absolute atomic E-state index is 9.75. The van der Waals surface area contributed by atoms with Crippen molar-refractivity contribution in [3.8, 4) is 0 Å². The molecule has 2 radical (unpaired) electrons. The minimum absolute atomic E-state index is 0. The number of hydrogen-bond acceptors (Lipinski definition) is 6. The minimum atomic E-state index is -5.50. The van der Waals surface area contributed by atoms with Crippen LogP contribution in [0, 0.1) is 0 Å². The van der Waals surface area contributed by atoms with Crippen LogP contribution in [-0.2, 0) is 43.3 Å². The number of hydrogen-bond donors (Lipinski definition) is 0. The SMILES string of the molecule is O=P([O-])([O-])C(Cl)P(=O)([O-])[O-].[Cu+2].[Cu+2]. The molecule has 0 spiro atoms. The molecule has 0 amide bonds. The second kappa shape index (κ2) is 6.18. The van der Waals surface area contributed by atoms with Crippen molar-refractivity contribution in [2.24, 2.45) is 0 Å². The zero-order valence-electron chi connectivity index (χ0n) is 4.90. The quantitative estimate of drug-likeness (QED) is 0.308. The zero-order valence-corrected chi connectivity index (χ0v) is 9.33. The molecule has 0 aliphatic carbocycles. The molecule has 0 heterocycles. The van der Waals surface area contributed by atoms with Crippen molar-refractivity contribution in [2.45, 2.75) is 4.86 Å². The molecule has 0 aliphatic heterocycles. The Balaban J connectivity index is -0.000000405. The fraction of sp³-hybridized carbons (Fsp3) is 1.00. The first-order valence-corrected chi connectivity index (χ1v) is 5.49. The number of rotatable bonds is 2. The average Bonchev–Trinajstić information content (AvgIpc) is 1.59. The summed E-state index contributed by atoms with van der Waals surface area (Å²) < 4.78 is 19.5. The van der Waals surface area contributed by atoms with E-state index in [0.717, 1.165) is 0 Å².